The molecule has 6 heteroatoms. The van der Waals surface area contributed by atoms with Crippen LogP contribution in [0.15, 0.2) is 12.2 Å². The van der Waals surface area contributed by atoms with Gasteiger partial charge in [-0.15, -0.1) is 9.57 Å². The number of carbonyl (C=O) groups excluding carboxylic acids is 2. The maximum atomic E-state index is 11.9. The second kappa shape index (κ2) is 3.13. The number of rotatable bonds is 2. The number of allylic oxidation sites excluding steroid dienone is 2. The summed E-state index contributed by atoms with van der Waals surface area (Å²) in [6.07, 6.45) is 5.02. The maximum Gasteiger partial charge on any atom is 0.259 e. The fourth-order valence-corrected chi connectivity index (χ4v) is 3.14. The average molecular weight is 273 g/mol. The zero-order valence-electron chi connectivity index (χ0n) is 7.72. The van der Waals surface area contributed by atoms with Crippen LogP contribution in [0.5, 0.6) is 0 Å². The number of nitrogens with zero attached hydrogens (tertiary/aromatic N) is 1. The highest BCUT2D eigenvalue weighted by Crippen LogP contribution is 2.52. The van der Waals surface area contributed by atoms with Crippen molar-refractivity contribution in [3.05, 3.63) is 12.2 Å². The number of hydrogen-bond acceptors (Lipinski definition) is 4. The minimum Gasteiger partial charge on any atom is -0.272 e. The summed E-state index contributed by atoms with van der Waals surface area (Å²) in [6.45, 7) is 0. The number of nitrogens with one attached hydrogen (secondary N) is 1. The minimum absolute atomic E-state index is 0.201. The molecule has 4 atom stereocenters. The highest BCUT2D eigenvalue weighted by molar-refractivity contribution is 9.07. The van der Waals surface area contributed by atoms with Crippen LogP contribution < -0.4 is 4.51 Å². The molecule has 1 heterocycles. The Balaban J connectivity index is 1.93. The number of fused-ring (bicyclic) bond motifs is 5. The van der Waals surface area contributed by atoms with Crippen molar-refractivity contribution >= 4 is 28.0 Å². The van der Waals surface area contributed by atoms with E-state index in [-0.39, 0.29) is 35.5 Å². The average Bonchev–Trinajstić information content (AvgIpc) is 2.87. The van der Waals surface area contributed by atoms with Gasteiger partial charge in [0.15, 0.2) is 0 Å². The molecule has 2 fully saturated rings. The molecule has 2 amide bonds. The van der Waals surface area contributed by atoms with E-state index in [4.69, 9.17) is 4.94 Å². The van der Waals surface area contributed by atoms with Crippen molar-refractivity contribution in [3.63, 3.8) is 0 Å². The standard InChI is InChI=1S/C9H9BrN2O3/c10-11-15-12-8(13)6-4-1-2-5(3-4)7(6)9(12)14/h1-2,4-7,11H,3H2/t4-,5+,6-,7+. The molecule has 0 spiro atoms. The monoisotopic (exact) mass is 272 g/mol. The van der Waals surface area contributed by atoms with Crippen molar-refractivity contribution in [2.75, 3.05) is 0 Å². The summed E-state index contributed by atoms with van der Waals surface area (Å²) in [7, 11) is 0. The van der Waals surface area contributed by atoms with E-state index < -0.39 is 0 Å². The molecule has 0 aromatic heterocycles. The van der Waals surface area contributed by atoms with Crippen molar-refractivity contribution in [1.29, 1.82) is 0 Å². The van der Waals surface area contributed by atoms with Crippen LogP contribution in [0.1, 0.15) is 6.42 Å². The lowest BCUT2D eigenvalue weighted by molar-refractivity contribution is -0.197. The van der Waals surface area contributed by atoms with Gasteiger partial charge in [0.05, 0.1) is 11.8 Å². The number of amides is 2. The Labute approximate surface area is 94.7 Å². The lowest BCUT2D eigenvalue weighted by Crippen LogP contribution is -2.35. The second-order valence-electron chi connectivity index (χ2n) is 4.14. The first-order chi connectivity index (χ1) is 7.24. The molecular formula is C9H9BrN2O3. The van der Waals surface area contributed by atoms with Gasteiger partial charge in [0.1, 0.15) is 0 Å². The first kappa shape index (κ1) is 9.50. The van der Waals surface area contributed by atoms with Crippen molar-refractivity contribution < 1.29 is 14.5 Å². The van der Waals surface area contributed by atoms with Gasteiger partial charge in [-0.25, -0.2) is 0 Å². The van der Waals surface area contributed by atoms with Crippen LogP contribution in [-0.4, -0.2) is 16.9 Å². The predicted octanol–water partition coefficient (Wildman–Crippen LogP) is 0.540. The van der Waals surface area contributed by atoms with E-state index >= 15 is 0 Å². The Bertz CT molecular complexity index is 340. The van der Waals surface area contributed by atoms with E-state index in [2.05, 4.69) is 20.7 Å². The van der Waals surface area contributed by atoms with Crippen LogP contribution in [-0.2, 0) is 14.5 Å². The van der Waals surface area contributed by atoms with Crippen LogP contribution in [0, 0.1) is 23.7 Å². The molecule has 80 valence electrons. The molecule has 1 N–H and O–H groups in total. The molecule has 3 aliphatic rings. The first-order valence-corrected chi connectivity index (χ1v) is 5.62. The Morgan fingerprint density at radius 3 is 2.27 bits per heavy atom. The highest BCUT2D eigenvalue weighted by atomic mass is 79.9. The van der Waals surface area contributed by atoms with Gasteiger partial charge < -0.3 is 0 Å². The van der Waals surface area contributed by atoms with E-state index in [0.29, 0.717) is 0 Å². The van der Waals surface area contributed by atoms with E-state index in [9.17, 15) is 9.59 Å². The van der Waals surface area contributed by atoms with Crippen LogP contribution in [0.25, 0.3) is 0 Å². The third-order valence-electron chi connectivity index (χ3n) is 3.56. The fraction of sp³-hybridized carbons (Fsp3) is 0.556. The molecule has 0 unspecified atom stereocenters. The molecule has 2 bridgehead atoms. The lowest BCUT2D eigenvalue weighted by atomic mass is 9.85. The number of hydroxylamine groups is 2. The molecule has 15 heavy (non-hydrogen) atoms. The smallest absolute Gasteiger partial charge is 0.259 e. The van der Waals surface area contributed by atoms with Crippen molar-refractivity contribution in [2.45, 2.75) is 6.42 Å². The van der Waals surface area contributed by atoms with Gasteiger partial charge in [-0.05, 0) is 18.3 Å². The van der Waals surface area contributed by atoms with Gasteiger partial charge in [-0.3, -0.25) is 9.59 Å². The predicted molar refractivity (Wildman–Crippen MR) is 52.7 cm³/mol. The molecule has 3 rings (SSSR count). The molecule has 0 radical (unpaired) electrons. The first-order valence-electron chi connectivity index (χ1n) is 4.82. The minimum atomic E-state index is -0.228. The molecule has 1 aliphatic heterocycles. The summed E-state index contributed by atoms with van der Waals surface area (Å²) in [6, 6.07) is 0. The summed E-state index contributed by atoms with van der Waals surface area (Å²) < 4.78 is 2.19. The number of halogens is 1. The van der Waals surface area contributed by atoms with Crippen molar-refractivity contribution in [1.82, 2.24) is 9.57 Å². The summed E-state index contributed by atoms with van der Waals surface area (Å²) in [5.74, 6) is -0.412. The largest absolute Gasteiger partial charge is 0.272 e. The Hall–Kier alpha value is -0.720. The number of hydrogen-bond donors (Lipinski definition) is 1. The third kappa shape index (κ3) is 1.10. The van der Waals surface area contributed by atoms with E-state index in [1.54, 1.807) is 0 Å². The summed E-state index contributed by atoms with van der Waals surface area (Å²) in [5, 5.41) is 0.830. The molecule has 0 aromatic carbocycles. The van der Waals surface area contributed by atoms with Gasteiger partial charge in [0, 0.05) is 16.1 Å². The molecule has 1 saturated heterocycles. The summed E-state index contributed by atoms with van der Waals surface area (Å²) in [4.78, 5) is 28.5. The lowest BCUT2D eigenvalue weighted by Gasteiger charge is -2.13. The normalized spacial score (nSPS) is 41.8. The van der Waals surface area contributed by atoms with Crippen LogP contribution in [0.4, 0.5) is 0 Å². The number of imide groups is 1. The van der Waals surface area contributed by atoms with Gasteiger partial charge in [0.25, 0.3) is 11.8 Å². The van der Waals surface area contributed by atoms with Crippen molar-refractivity contribution in [3.8, 4) is 0 Å². The molecular weight excluding hydrogens is 264 g/mol. The highest BCUT2D eigenvalue weighted by Gasteiger charge is 2.60. The van der Waals surface area contributed by atoms with Gasteiger partial charge in [0.2, 0.25) is 0 Å². The number of carbonyl (C=O) groups is 2. The topological polar surface area (TPSA) is 58.6 Å². The summed E-state index contributed by atoms with van der Waals surface area (Å²) in [5.41, 5.74) is 0. The zero-order valence-corrected chi connectivity index (χ0v) is 9.31. The van der Waals surface area contributed by atoms with E-state index in [0.717, 1.165) is 11.5 Å². The Morgan fingerprint density at radius 2 is 1.80 bits per heavy atom. The molecule has 2 aliphatic carbocycles. The van der Waals surface area contributed by atoms with Crippen LogP contribution in [0.2, 0.25) is 0 Å². The quantitative estimate of drug-likeness (QED) is 0.345. The summed E-state index contributed by atoms with van der Waals surface area (Å²) >= 11 is 2.81. The van der Waals surface area contributed by atoms with Gasteiger partial charge in [-0.2, -0.15) is 4.94 Å². The Kier molecular flexibility index (Phi) is 1.99. The van der Waals surface area contributed by atoms with Crippen LogP contribution in [0.3, 0.4) is 0 Å². The Morgan fingerprint density at radius 1 is 1.27 bits per heavy atom. The van der Waals surface area contributed by atoms with E-state index in [1.165, 1.54) is 0 Å². The maximum absolute atomic E-state index is 11.9. The SMILES string of the molecule is O=C1[C@@H]2[C@H](C(=O)N1ONBr)[C@@H]1C=C[C@H]2C1. The van der Waals surface area contributed by atoms with Crippen molar-refractivity contribution in [2.24, 2.45) is 23.7 Å². The van der Waals surface area contributed by atoms with Gasteiger partial charge >= 0.3 is 0 Å². The molecule has 0 aromatic rings. The third-order valence-corrected chi connectivity index (χ3v) is 3.70. The van der Waals surface area contributed by atoms with E-state index in [1.807, 2.05) is 12.2 Å². The fourth-order valence-electron chi connectivity index (χ4n) is 3.00. The van der Waals surface area contributed by atoms with Crippen LogP contribution >= 0.6 is 16.1 Å². The van der Waals surface area contributed by atoms with Gasteiger partial charge in [-0.1, -0.05) is 12.2 Å². The second-order valence-corrected chi connectivity index (χ2v) is 4.46. The molecule has 5 nitrogen and oxygen atoms in total. The molecule has 1 saturated carbocycles. The zero-order chi connectivity index (χ0) is 10.6.